The van der Waals surface area contributed by atoms with Crippen LogP contribution in [0.25, 0.3) is 11.3 Å². The Kier molecular flexibility index (Phi) is 5.09. The molecule has 3 heterocycles. The van der Waals surface area contributed by atoms with Gasteiger partial charge in [0, 0.05) is 41.5 Å². The Bertz CT molecular complexity index is 759. The van der Waals surface area contributed by atoms with E-state index in [1.165, 1.54) is 11.3 Å². The molecule has 0 bridgehead atoms. The van der Waals surface area contributed by atoms with Crippen molar-refractivity contribution in [3.63, 3.8) is 0 Å². The van der Waals surface area contributed by atoms with Crippen LogP contribution in [0.1, 0.15) is 6.42 Å². The van der Waals surface area contributed by atoms with Crippen molar-refractivity contribution in [2.24, 2.45) is 0 Å². The highest BCUT2D eigenvalue weighted by Crippen LogP contribution is 2.35. The minimum absolute atomic E-state index is 0.00285. The quantitative estimate of drug-likeness (QED) is 0.853. The van der Waals surface area contributed by atoms with Crippen LogP contribution in [-0.4, -0.2) is 48.2 Å². The standard InChI is InChI=1S/C17H19N3O3S2/c21-16(8-12-9-24-6-3-18-12)20-17-19-13(10-25-17)11-1-2-14-15(7-11)23-5-4-22-14/h1-2,7,10,12,18H,3-6,8-9H2,(H,19,20,21). The summed E-state index contributed by atoms with van der Waals surface area (Å²) in [5.41, 5.74) is 1.77. The van der Waals surface area contributed by atoms with Crippen LogP contribution in [0.5, 0.6) is 11.5 Å². The molecule has 1 aromatic carbocycles. The second-order valence-corrected chi connectivity index (χ2v) is 7.88. The van der Waals surface area contributed by atoms with Crippen molar-refractivity contribution in [3.05, 3.63) is 23.6 Å². The maximum atomic E-state index is 12.2. The van der Waals surface area contributed by atoms with Gasteiger partial charge >= 0.3 is 0 Å². The van der Waals surface area contributed by atoms with Crippen molar-refractivity contribution in [1.82, 2.24) is 10.3 Å². The van der Waals surface area contributed by atoms with Gasteiger partial charge in [0.2, 0.25) is 5.91 Å². The maximum absolute atomic E-state index is 12.2. The molecular formula is C17H19N3O3S2. The van der Waals surface area contributed by atoms with Crippen LogP contribution in [0.3, 0.4) is 0 Å². The van der Waals surface area contributed by atoms with E-state index in [1.807, 2.05) is 35.3 Å². The minimum Gasteiger partial charge on any atom is -0.486 e. The molecule has 0 saturated carbocycles. The lowest BCUT2D eigenvalue weighted by molar-refractivity contribution is -0.116. The van der Waals surface area contributed by atoms with Crippen LogP contribution >= 0.6 is 23.1 Å². The topological polar surface area (TPSA) is 72.5 Å². The molecule has 1 amide bonds. The minimum atomic E-state index is 0.00285. The smallest absolute Gasteiger partial charge is 0.227 e. The fourth-order valence-electron chi connectivity index (χ4n) is 2.81. The SMILES string of the molecule is O=C(CC1CSCCN1)Nc1nc(-c2ccc3c(c2)OCCO3)cs1. The number of nitrogens with one attached hydrogen (secondary N) is 2. The predicted octanol–water partition coefficient (Wildman–Crippen LogP) is 2.61. The monoisotopic (exact) mass is 377 g/mol. The van der Waals surface area contributed by atoms with Gasteiger partial charge in [-0.05, 0) is 18.2 Å². The van der Waals surface area contributed by atoms with Crippen molar-refractivity contribution in [2.75, 3.05) is 36.6 Å². The molecule has 2 aromatic rings. The lowest BCUT2D eigenvalue weighted by atomic mass is 10.1. The van der Waals surface area contributed by atoms with Crippen molar-refractivity contribution < 1.29 is 14.3 Å². The van der Waals surface area contributed by atoms with E-state index in [4.69, 9.17) is 9.47 Å². The third kappa shape index (κ3) is 4.08. The molecule has 1 fully saturated rings. The Hall–Kier alpha value is -1.77. The van der Waals surface area contributed by atoms with Crippen molar-refractivity contribution in [3.8, 4) is 22.8 Å². The van der Waals surface area contributed by atoms with E-state index in [2.05, 4.69) is 15.6 Å². The van der Waals surface area contributed by atoms with Crippen molar-refractivity contribution in [1.29, 1.82) is 0 Å². The van der Waals surface area contributed by atoms with E-state index in [9.17, 15) is 4.79 Å². The summed E-state index contributed by atoms with van der Waals surface area (Å²) in [7, 11) is 0. The number of nitrogens with zero attached hydrogens (tertiary/aromatic N) is 1. The molecule has 8 heteroatoms. The molecule has 1 atom stereocenters. The van der Waals surface area contributed by atoms with Crippen molar-refractivity contribution in [2.45, 2.75) is 12.5 Å². The van der Waals surface area contributed by atoms with Crippen LogP contribution in [0.4, 0.5) is 5.13 Å². The lowest BCUT2D eigenvalue weighted by Gasteiger charge is -2.22. The van der Waals surface area contributed by atoms with E-state index >= 15 is 0 Å². The molecule has 0 radical (unpaired) electrons. The van der Waals surface area contributed by atoms with Crippen LogP contribution < -0.4 is 20.1 Å². The summed E-state index contributed by atoms with van der Waals surface area (Å²) in [4.78, 5) is 16.7. The summed E-state index contributed by atoms with van der Waals surface area (Å²) < 4.78 is 11.2. The van der Waals surface area contributed by atoms with Crippen molar-refractivity contribution >= 4 is 34.1 Å². The zero-order chi connectivity index (χ0) is 17.1. The van der Waals surface area contributed by atoms with Gasteiger partial charge < -0.3 is 20.1 Å². The van der Waals surface area contributed by atoms with Gasteiger partial charge in [0.25, 0.3) is 0 Å². The van der Waals surface area contributed by atoms with Crippen LogP contribution in [0.2, 0.25) is 0 Å². The Morgan fingerprint density at radius 2 is 2.20 bits per heavy atom. The second kappa shape index (κ2) is 7.63. The molecule has 2 N–H and O–H groups in total. The highest BCUT2D eigenvalue weighted by atomic mass is 32.2. The largest absolute Gasteiger partial charge is 0.486 e. The molecule has 132 valence electrons. The summed E-state index contributed by atoms with van der Waals surface area (Å²) in [5.74, 6) is 3.60. The van der Waals surface area contributed by atoms with Gasteiger partial charge in [-0.1, -0.05) is 0 Å². The molecular weight excluding hydrogens is 358 g/mol. The number of aromatic nitrogens is 1. The highest BCUT2D eigenvalue weighted by molar-refractivity contribution is 7.99. The number of thioether (sulfide) groups is 1. The van der Waals surface area contributed by atoms with Crippen LogP contribution in [-0.2, 0) is 4.79 Å². The molecule has 25 heavy (non-hydrogen) atoms. The molecule has 6 nitrogen and oxygen atoms in total. The molecule has 0 spiro atoms. The zero-order valence-corrected chi connectivity index (χ0v) is 15.3. The zero-order valence-electron chi connectivity index (χ0n) is 13.6. The van der Waals surface area contributed by atoms with E-state index in [1.54, 1.807) is 0 Å². The number of thiazole rings is 1. The number of hydrogen-bond acceptors (Lipinski definition) is 7. The summed E-state index contributed by atoms with van der Waals surface area (Å²) in [5, 5.41) is 8.84. The van der Waals surface area contributed by atoms with E-state index in [0.717, 1.165) is 40.8 Å². The fourth-order valence-corrected chi connectivity index (χ4v) is 4.50. The van der Waals surface area contributed by atoms with Gasteiger partial charge in [-0.15, -0.1) is 11.3 Å². The van der Waals surface area contributed by atoms with E-state index in [0.29, 0.717) is 24.8 Å². The molecule has 4 rings (SSSR count). The van der Waals surface area contributed by atoms with Gasteiger partial charge in [0.15, 0.2) is 16.6 Å². The predicted molar refractivity (Wildman–Crippen MR) is 101 cm³/mol. The summed E-state index contributed by atoms with van der Waals surface area (Å²) in [6.07, 6.45) is 0.478. The van der Waals surface area contributed by atoms with Gasteiger partial charge in [-0.2, -0.15) is 11.8 Å². The van der Waals surface area contributed by atoms with Crippen LogP contribution in [0, 0.1) is 0 Å². The highest BCUT2D eigenvalue weighted by Gasteiger charge is 2.18. The summed E-state index contributed by atoms with van der Waals surface area (Å²) >= 11 is 3.32. The Morgan fingerprint density at radius 1 is 1.32 bits per heavy atom. The average molecular weight is 377 g/mol. The number of ether oxygens (including phenoxy) is 2. The number of amides is 1. The number of carbonyl (C=O) groups excluding carboxylic acids is 1. The first-order chi connectivity index (χ1) is 12.3. The Labute approximate surface area is 154 Å². The Morgan fingerprint density at radius 3 is 3.04 bits per heavy atom. The van der Waals surface area contributed by atoms with E-state index in [-0.39, 0.29) is 11.9 Å². The second-order valence-electron chi connectivity index (χ2n) is 5.87. The normalized spacial score (nSPS) is 19.4. The van der Waals surface area contributed by atoms with E-state index < -0.39 is 0 Å². The molecule has 1 unspecified atom stereocenters. The first-order valence-corrected chi connectivity index (χ1v) is 10.3. The van der Waals surface area contributed by atoms with Gasteiger partial charge in [0.1, 0.15) is 13.2 Å². The van der Waals surface area contributed by atoms with Crippen LogP contribution in [0.15, 0.2) is 23.6 Å². The molecule has 0 aliphatic carbocycles. The number of fused-ring (bicyclic) bond motifs is 1. The summed E-state index contributed by atoms with van der Waals surface area (Å²) in [6, 6.07) is 6.03. The first-order valence-electron chi connectivity index (χ1n) is 8.24. The Balaban J connectivity index is 1.40. The van der Waals surface area contributed by atoms with Gasteiger partial charge in [0.05, 0.1) is 5.69 Å². The molecule has 2 aliphatic heterocycles. The summed E-state index contributed by atoms with van der Waals surface area (Å²) in [6.45, 7) is 2.10. The molecule has 1 aromatic heterocycles. The third-order valence-corrected chi connectivity index (χ3v) is 5.91. The number of anilines is 1. The number of rotatable bonds is 4. The molecule has 2 aliphatic rings. The third-order valence-electron chi connectivity index (χ3n) is 4.02. The average Bonchev–Trinajstić information content (AvgIpc) is 3.10. The number of hydrogen-bond donors (Lipinski definition) is 2. The lowest BCUT2D eigenvalue weighted by Crippen LogP contribution is -2.39. The maximum Gasteiger partial charge on any atom is 0.227 e. The van der Waals surface area contributed by atoms with Gasteiger partial charge in [-0.3, -0.25) is 4.79 Å². The molecule has 1 saturated heterocycles. The number of benzene rings is 1. The fraction of sp³-hybridized carbons (Fsp3) is 0.412. The van der Waals surface area contributed by atoms with Gasteiger partial charge in [-0.25, -0.2) is 4.98 Å². The number of carbonyl (C=O) groups is 1. The first kappa shape index (κ1) is 16.7.